The van der Waals surface area contributed by atoms with Crippen molar-refractivity contribution in [2.45, 2.75) is 6.04 Å². The Balaban J connectivity index is 1.97. The third kappa shape index (κ3) is 1.97. The van der Waals surface area contributed by atoms with Gasteiger partial charge in [-0.2, -0.15) is 11.8 Å². The summed E-state index contributed by atoms with van der Waals surface area (Å²) in [5, 5.41) is 3.46. The largest absolute Gasteiger partial charge is 0.339 e. The van der Waals surface area contributed by atoms with Crippen LogP contribution in [0.2, 0.25) is 0 Å². The van der Waals surface area contributed by atoms with Gasteiger partial charge in [0.2, 0.25) is 0 Å². The molecule has 1 atom stereocenters. The molecule has 84 valence electrons. The van der Waals surface area contributed by atoms with Crippen molar-refractivity contribution in [2.24, 2.45) is 0 Å². The number of hydrogen-bond acceptors (Lipinski definition) is 4. The standard InChI is InChI=1S/C10H11BrN4S/c11-6-3-7-9(13-4-6)15-10(14-7)8-5-16-2-1-12-8/h3-4,8,12H,1-2,5H2,(H,13,14,15). The van der Waals surface area contributed by atoms with Crippen LogP contribution in [0.1, 0.15) is 11.9 Å². The molecule has 3 heterocycles. The summed E-state index contributed by atoms with van der Waals surface area (Å²) in [6.45, 7) is 1.05. The van der Waals surface area contributed by atoms with Gasteiger partial charge in [0.25, 0.3) is 0 Å². The van der Waals surface area contributed by atoms with E-state index in [-0.39, 0.29) is 0 Å². The van der Waals surface area contributed by atoms with E-state index in [4.69, 9.17) is 0 Å². The van der Waals surface area contributed by atoms with Gasteiger partial charge in [0.1, 0.15) is 5.82 Å². The second-order valence-electron chi connectivity index (χ2n) is 3.73. The Hall–Kier alpha value is -0.590. The van der Waals surface area contributed by atoms with Crippen LogP contribution < -0.4 is 5.32 Å². The first-order valence-electron chi connectivity index (χ1n) is 5.15. The third-order valence-corrected chi connectivity index (χ3v) is 4.07. The molecular weight excluding hydrogens is 288 g/mol. The Labute approximate surface area is 106 Å². The summed E-state index contributed by atoms with van der Waals surface area (Å²) in [4.78, 5) is 12.1. The monoisotopic (exact) mass is 298 g/mol. The highest BCUT2D eigenvalue weighted by molar-refractivity contribution is 9.10. The highest BCUT2D eigenvalue weighted by Gasteiger charge is 2.18. The number of fused-ring (bicyclic) bond motifs is 1. The smallest absolute Gasteiger partial charge is 0.177 e. The first-order valence-corrected chi connectivity index (χ1v) is 7.10. The minimum absolute atomic E-state index is 0.326. The second kappa shape index (κ2) is 4.35. The van der Waals surface area contributed by atoms with Gasteiger partial charge >= 0.3 is 0 Å². The molecule has 2 aromatic heterocycles. The molecule has 1 aliphatic heterocycles. The molecule has 1 fully saturated rings. The fourth-order valence-electron chi connectivity index (χ4n) is 1.80. The van der Waals surface area contributed by atoms with Crippen molar-refractivity contribution in [1.82, 2.24) is 20.3 Å². The molecular formula is C10H11BrN4S. The van der Waals surface area contributed by atoms with Gasteiger partial charge in [-0.1, -0.05) is 0 Å². The van der Waals surface area contributed by atoms with E-state index < -0.39 is 0 Å². The molecule has 2 aromatic rings. The zero-order valence-electron chi connectivity index (χ0n) is 8.53. The lowest BCUT2D eigenvalue weighted by atomic mass is 10.3. The zero-order valence-corrected chi connectivity index (χ0v) is 10.9. The average molecular weight is 299 g/mol. The second-order valence-corrected chi connectivity index (χ2v) is 5.79. The topological polar surface area (TPSA) is 53.6 Å². The van der Waals surface area contributed by atoms with Crippen LogP contribution in [-0.2, 0) is 0 Å². The molecule has 0 spiro atoms. The van der Waals surface area contributed by atoms with Crippen LogP contribution in [0.3, 0.4) is 0 Å². The van der Waals surface area contributed by atoms with Crippen LogP contribution in [0, 0.1) is 0 Å². The van der Waals surface area contributed by atoms with Crippen molar-refractivity contribution < 1.29 is 0 Å². The van der Waals surface area contributed by atoms with E-state index in [9.17, 15) is 0 Å². The molecule has 2 N–H and O–H groups in total. The fourth-order valence-corrected chi connectivity index (χ4v) is 3.07. The highest BCUT2D eigenvalue weighted by Crippen LogP contribution is 2.22. The Morgan fingerprint density at radius 1 is 1.50 bits per heavy atom. The van der Waals surface area contributed by atoms with Crippen LogP contribution in [0.4, 0.5) is 0 Å². The van der Waals surface area contributed by atoms with Crippen LogP contribution >= 0.6 is 27.7 Å². The lowest BCUT2D eigenvalue weighted by molar-refractivity contribution is 0.570. The molecule has 1 aliphatic rings. The first kappa shape index (κ1) is 10.6. The molecule has 1 saturated heterocycles. The molecule has 0 aromatic carbocycles. The predicted molar refractivity (Wildman–Crippen MR) is 69.7 cm³/mol. The molecule has 0 saturated carbocycles. The lowest BCUT2D eigenvalue weighted by Gasteiger charge is -2.20. The van der Waals surface area contributed by atoms with Crippen molar-refractivity contribution in [1.29, 1.82) is 0 Å². The number of halogens is 1. The maximum Gasteiger partial charge on any atom is 0.177 e. The van der Waals surface area contributed by atoms with Crippen molar-refractivity contribution in [3.63, 3.8) is 0 Å². The van der Waals surface area contributed by atoms with Gasteiger partial charge < -0.3 is 10.3 Å². The summed E-state index contributed by atoms with van der Waals surface area (Å²) in [7, 11) is 0. The van der Waals surface area contributed by atoms with Gasteiger partial charge in [0, 0.05) is 28.7 Å². The summed E-state index contributed by atoms with van der Waals surface area (Å²) in [5.74, 6) is 3.24. The van der Waals surface area contributed by atoms with E-state index in [1.165, 1.54) is 5.75 Å². The third-order valence-electron chi connectivity index (χ3n) is 2.57. The minimum Gasteiger partial charge on any atom is -0.339 e. The number of rotatable bonds is 1. The normalized spacial score (nSPS) is 21.4. The van der Waals surface area contributed by atoms with Crippen molar-refractivity contribution >= 4 is 38.9 Å². The molecule has 0 amide bonds. The number of nitrogens with one attached hydrogen (secondary N) is 2. The zero-order chi connectivity index (χ0) is 11.0. The summed E-state index contributed by atoms with van der Waals surface area (Å²) >= 11 is 5.37. The first-order chi connectivity index (χ1) is 7.83. The van der Waals surface area contributed by atoms with Gasteiger partial charge in [-0.15, -0.1) is 0 Å². The Morgan fingerprint density at radius 2 is 2.44 bits per heavy atom. The van der Waals surface area contributed by atoms with Gasteiger partial charge in [0.05, 0.1) is 11.6 Å². The average Bonchev–Trinajstić information content (AvgIpc) is 2.73. The summed E-state index contributed by atoms with van der Waals surface area (Å²) in [6.07, 6.45) is 1.77. The number of aromatic nitrogens is 3. The maximum absolute atomic E-state index is 4.51. The molecule has 0 radical (unpaired) electrons. The fraction of sp³-hybridized carbons (Fsp3) is 0.400. The number of nitrogens with zero attached hydrogens (tertiary/aromatic N) is 2. The predicted octanol–water partition coefficient (Wildman–Crippen LogP) is 2.10. The number of thioether (sulfide) groups is 1. The van der Waals surface area contributed by atoms with Crippen LogP contribution in [0.25, 0.3) is 11.2 Å². The van der Waals surface area contributed by atoms with Crippen molar-refractivity contribution in [3.05, 3.63) is 22.6 Å². The van der Waals surface area contributed by atoms with E-state index in [2.05, 4.69) is 36.2 Å². The van der Waals surface area contributed by atoms with Crippen LogP contribution in [0.15, 0.2) is 16.7 Å². The van der Waals surface area contributed by atoms with Gasteiger partial charge in [0.15, 0.2) is 5.65 Å². The summed E-state index contributed by atoms with van der Waals surface area (Å²) in [6, 6.07) is 2.33. The molecule has 16 heavy (non-hydrogen) atoms. The molecule has 4 nitrogen and oxygen atoms in total. The molecule has 0 aliphatic carbocycles. The van der Waals surface area contributed by atoms with Crippen LogP contribution in [0.5, 0.6) is 0 Å². The van der Waals surface area contributed by atoms with Crippen molar-refractivity contribution in [2.75, 3.05) is 18.1 Å². The van der Waals surface area contributed by atoms with Crippen molar-refractivity contribution in [3.8, 4) is 0 Å². The van der Waals surface area contributed by atoms with E-state index in [0.29, 0.717) is 6.04 Å². The highest BCUT2D eigenvalue weighted by atomic mass is 79.9. The minimum atomic E-state index is 0.326. The number of pyridine rings is 1. The number of hydrogen-bond donors (Lipinski definition) is 2. The van der Waals surface area contributed by atoms with Gasteiger partial charge in [-0.25, -0.2) is 9.97 Å². The van der Waals surface area contributed by atoms with E-state index in [1.807, 2.05) is 17.8 Å². The number of H-pyrrole nitrogens is 1. The Kier molecular flexibility index (Phi) is 2.87. The number of imidazole rings is 1. The van der Waals surface area contributed by atoms with Gasteiger partial charge in [-0.05, 0) is 22.0 Å². The Bertz CT molecular complexity index is 506. The van der Waals surface area contributed by atoms with Crippen LogP contribution in [-0.4, -0.2) is 33.0 Å². The number of aromatic amines is 1. The SMILES string of the molecule is Brc1cnc2nc(C3CSCCN3)[nH]c2c1. The molecule has 1 unspecified atom stereocenters. The van der Waals surface area contributed by atoms with Gasteiger partial charge in [-0.3, -0.25) is 0 Å². The van der Waals surface area contributed by atoms with E-state index in [1.54, 1.807) is 6.20 Å². The Morgan fingerprint density at radius 3 is 3.25 bits per heavy atom. The maximum atomic E-state index is 4.51. The summed E-state index contributed by atoms with van der Waals surface area (Å²) in [5.41, 5.74) is 1.78. The van der Waals surface area contributed by atoms with E-state index >= 15 is 0 Å². The van der Waals surface area contributed by atoms with E-state index in [0.717, 1.165) is 33.8 Å². The summed E-state index contributed by atoms with van der Waals surface area (Å²) < 4.78 is 0.973. The molecule has 3 rings (SSSR count). The quantitative estimate of drug-likeness (QED) is 0.847. The lowest BCUT2D eigenvalue weighted by Crippen LogP contribution is -2.30. The molecule has 0 bridgehead atoms. The molecule has 6 heteroatoms.